The minimum atomic E-state index is -0.336. The number of hydrogen-bond donors (Lipinski definition) is 2. The van der Waals surface area contributed by atoms with Crippen molar-refractivity contribution in [1.29, 1.82) is 0 Å². The molecule has 2 N–H and O–H groups in total. The van der Waals surface area contributed by atoms with Crippen molar-refractivity contribution in [2.75, 3.05) is 6.61 Å². The normalized spacial score (nSPS) is 60.0. The molecule has 4 aliphatic rings. The number of aliphatic hydroxyl groups excluding tert-OH is 2. The van der Waals surface area contributed by atoms with Crippen molar-refractivity contribution in [2.45, 2.75) is 71.8 Å². The van der Waals surface area contributed by atoms with Crippen LogP contribution < -0.4 is 0 Å². The third-order valence-electron chi connectivity index (χ3n) is 8.59. The van der Waals surface area contributed by atoms with E-state index in [1.807, 2.05) is 0 Å². The maximum atomic E-state index is 10.6. The van der Waals surface area contributed by atoms with E-state index in [9.17, 15) is 10.2 Å². The zero-order chi connectivity index (χ0) is 15.8. The van der Waals surface area contributed by atoms with Crippen LogP contribution in [0.3, 0.4) is 0 Å². The van der Waals surface area contributed by atoms with Crippen molar-refractivity contribution in [3.05, 3.63) is 12.2 Å². The van der Waals surface area contributed by atoms with Gasteiger partial charge in [0.05, 0.1) is 12.7 Å². The van der Waals surface area contributed by atoms with Crippen LogP contribution in [0.4, 0.5) is 0 Å². The van der Waals surface area contributed by atoms with E-state index >= 15 is 0 Å². The van der Waals surface area contributed by atoms with Gasteiger partial charge in [-0.2, -0.15) is 0 Å². The molecule has 2 heteroatoms. The molecule has 0 aromatic carbocycles. The molecule has 0 radical (unpaired) electrons. The third-order valence-corrected chi connectivity index (χ3v) is 8.59. The Morgan fingerprint density at radius 1 is 0.955 bits per heavy atom. The van der Waals surface area contributed by atoms with Crippen molar-refractivity contribution in [2.24, 2.45) is 33.5 Å². The van der Waals surface area contributed by atoms with E-state index in [2.05, 4.69) is 32.9 Å². The maximum Gasteiger partial charge on any atom is 0.0618 e. The standard InChI is InChI=1S/C20H32O2/c1-17-7-4-15-18(2)8-6-16(22)19(3,13-21)14(18)5-9-20(15,12-17)11-10-17/h10-11,14-16,21-22H,4-9,12-13H2,1-3H3. The number of rotatable bonds is 1. The van der Waals surface area contributed by atoms with Crippen molar-refractivity contribution < 1.29 is 10.2 Å². The van der Waals surface area contributed by atoms with Crippen molar-refractivity contribution in [3.8, 4) is 0 Å². The molecule has 3 saturated carbocycles. The van der Waals surface area contributed by atoms with Gasteiger partial charge in [0.2, 0.25) is 0 Å². The van der Waals surface area contributed by atoms with Gasteiger partial charge in [-0.15, -0.1) is 0 Å². The molecule has 0 aliphatic heterocycles. The molecule has 7 atom stereocenters. The lowest BCUT2D eigenvalue weighted by Gasteiger charge is -2.65. The highest BCUT2D eigenvalue weighted by atomic mass is 16.3. The summed E-state index contributed by atoms with van der Waals surface area (Å²) in [6, 6.07) is 0. The summed E-state index contributed by atoms with van der Waals surface area (Å²) in [5, 5.41) is 20.6. The van der Waals surface area contributed by atoms with Gasteiger partial charge in [0.1, 0.15) is 0 Å². The fourth-order valence-corrected chi connectivity index (χ4v) is 7.38. The Kier molecular flexibility index (Phi) is 3.03. The van der Waals surface area contributed by atoms with Crippen molar-refractivity contribution in [1.82, 2.24) is 0 Å². The largest absolute Gasteiger partial charge is 0.396 e. The van der Waals surface area contributed by atoms with Gasteiger partial charge in [-0.1, -0.05) is 32.9 Å². The predicted molar refractivity (Wildman–Crippen MR) is 88.3 cm³/mol. The summed E-state index contributed by atoms with van der Waals surface area (Å²) in [5.41, 5.74) is 0.827. The molecule has 0 heterocycles. The molecule has 3 fully saturated rings. The SMILES string of the molecule is CC12C=CC3(CCC4C(C)(CO)C(O)CCC4(C)C3CC1)C2. The highest BCUT2D eigenvalue weighted by Gasteiger charge is 2.64. The van der Waals surface area contributed by atoms with E-state index in [1.165, 1.54) is 32.1 Å². The quantitative estimate of drug-likeness (QED) is 0.721. The molecule has 0 saturated heterocycles. The molecule has 7 unspecified atom stereocenters. The fraction of sp³-hybridized carbons (Fsp3) is 0.900. The molecule has 124 valence electrons. The van der Waals surface area contributed by atoms with Crippen LogP contribution >= 0.6 is 0 Å². The molecule has 4 rings (SSSR count). The molecule has 4 aliphatic carbocycles. The highest BCUT2D eigenvalue weighted by molar-refractivity contribution is 5.25. The summed E-state index contributed by atoms with van der Waals surface area (Å²) in [4.78, 5) is 0. The minimum Gasteiger partial charge on any atom is -0.396 e. The molecule has 1 spiro atoms. The number of hydrogen-bond acceptors (Lipinski definition) is 2. The Hall–Kier alpha value is -0.340. The van der Waals surface area contributed by atoms with Crippen LogP contribution in [0.2, 0.25) is 0 Å². The molecule has 2 bridgehead atoms. The lowest BCUT2D eigenvalue weighted by atomic mass is 9.40. The van der Waals surface area contributed by atoms with E-state index in [1.54, 1.807) is 0 Å². The Morgan fingerprint density at radius 3 is 2.41 bits per heavy atom. The van der Waals surface area contributed by atoms with E-state index in [0.717, 1.165) is 18.8 Å². The lowest BCUT2D eigenvalue weighted by molar-refractivity contribution is -0.194. The predicted octanol–water partition coefficient (Wildman–Crippen LogP) is 3.92. The monoisotopic (exact) mass is 304 g/mol. The van der Waals surface area contributed by atoms with Crippen molar-refractivity contribution >= 4 is 0 Å². The first kappa shape index (κ1) is 15.2. The van der Waals surface area contributed by atoms with E-state index < -0.39 is 0 Å². The molecule has 0 aromatic heterocycles. The molecule has 2 nitrogen and oxygen atoms in total. The molecule has 0 amide bonds. The number of aliphatic hydroxyl groups is 2. The number of allylic oxidation sites excluding steroid dienone is 2. The maximum absolute atomic E-state index is 10.6. The Bertz CT molecular complexity index is 514. The van der Waals surface area contributed by atoms with Crippen LogP contribution in [0.15, 0.2) is 12.2 Å². The molecular weight excluding hydrogens is 272 g/mol. The summed E-state index contributed by atoms with van der Waals surface area (Å²) in [5.74, 6) is 1.20. The summed E-state index contributed by atoms with van der Waals surface area (Å²) >= 11 is 0. The molecular formula is C20H32O2. The summed E-state index contributed by atoms with van der Waals surface area (Å²) in [6.45, 7) is 7.18. The van der Waals surface area contributed by atoms with Gasteiger partial charge in [-0.25, -0.2) is 0 Å². The van der Waals surface area contributed by atoms with Crippen LogP contribution in [0.1, 0.15) is 65.7 Å². The van der Waals surface area contributed by atoms with Crippen molar-refractivity contribution in [3.63, 3.8) is 0 Å². The van der Waals surface area contributed by atoms with Gasteiger partial charge >= 0.3 is 0 Å². The van der Waals surface area contributed by atoms with Gasteiger partial charge < -0.3 is 10.2 Å². The fourth-order valence-electron chi connectivity index (χ4n) is 7.38. The van der Waals surface area contributed by atoms with Gasteiger partial charge in [0.15, 0.2) is 0 Å². The van der Waals surface area contributed by atoms with Crippen LogP contribution in [-0.4, -0.2) is 22.9 Å². The van der Waals surface area contributed by atoms with Gasteiger partial charge in [-0.3, -0.25) is 0 Å². The summed E-state index contributed by atoms with van der Waals surface area (Å²) < 4.78 is 0. The summed E-state index contributed by atoms with van der Waals surface area (Å²) in [7, 11) is 0. The minimum absolute atomic E-state index is 0.127. The van der Waals surface area contributed by atoms with Gasteiger partial charge in [0.25, 0.3) is 0 Å². The first-order chi connectivity index (χ1) is 10.3. The second-order valence-electron chi connectivity index (χ2n) is 9.80. The van der Waals surface area contributed by atoms with Crippen LogP contribution in [-0.2, 0) is 0 Å². The highest BCUT2D eigenvalue weighted by Crippen LogP contribution is 2.71. The zero-order valence-electron chi connectivity index (χ0n) is 14.4. The molecule has 0 aromatic rings. The molecule has 22 heavy (non-hydrogen) atoms. The third kappa shape index (κ3) is 1.69. The first-order valence-electron chi connectivity index (χ1n) is 9.27. The van der Waals surface area contributed by atoms with Crippen LogP contribution in [0, 0.1) is 33.5 Å². The average molecular weight is 304 g/mol. The van der Waals surface area contributed by atoms with Gasteiger partial charge in [0, 0.05) is 5.41 Å². The Labute approximate surface area is 135 Å². The smallest absolute Gasteiger partial charge is 0.0618 e. The Morgan fingerprint density at radius 2 is 1.68 bits per heavy atom. The van der Waals surface area contributed by atoms with Crippen LogP contribution in [0.5, 0.6) is 0 Å². The van der Waals surface area contributed by atoms with E-state index in [-0.39, 0.29) is 23.5 Å². The second kappa shape index (κ2) is 4.39. The average Bonchev–Trinajstić information content (AvgIpc) is 2.73. The Balaban J connectivity index is 1.74. The second-order valence-corrected chi connectivity index (χ2v) is 9.80. The van der Waals surface area contributed by atoms with E-state index in [4.69, 9.17) is 0 Å². The van der Waals surface area contributed by atoms with Crippen LogP contribution in [0.25, 0.3) is 0 Å². The topological polar surface area (TPSA) is 40.5 Å². The van der Waals surface area contributed by atoms with E-state index in [0.29, 0.717) is 16.7 Å². The first-order valence-corrected chi connectivity index (χ1v) is 9.27. The zero-order valence-corrected chi connectivity index (χ0v) is 14.4. The van der Waals surface area contributed by atoms with Gasteiger partial charge in [-0.05, 0) is 73.0 Å². The summed E-state index contributed by atoms with van der Waals surface area (Å²) in [6.07, 6.45) is 13.2. The number of fused-ring (bicyclic) bond motifs is 3. The lowest BCUT2D eigenvalue weighted by Crippen LogP contribution is -2.61.